The fourth-order valence-electron chi connectivity index (χ4n) is 1.80. The van der Waals surface area contributed by atoms with Gasteiger partial charge in [-0.25, -0.2) is 0 Å². The van der Waals surface area contributed by atoms with Crippen LogP contribution in [0.5, 0.6) is 0 Å². The Morgan fingerprint density at radius 3 is 2.50 bits per heavy atom. The van der Waals surface area contributed by atoms with Crippen molar-refractivity contribution in [3.63, 3.8) is 0 Å². The standard InChI is InChI=1S/C15H24N2O/c1-3-5-9-12-16-15(18)14(4-2)17-13-10-7-6-8-11-13/h6-8,10-11,14,17H,3-5,9,12H2,1-2H3,(H,16,18). The van der Waals surface area contributed by atoms with Gasteiger partial charge in [0.1, 0.15) is 6.04 Å². The van der Waals surface area contributed by atoms with Crippen LogP contribution in [-0.4, -0.2) is 18.5 Å². The lowest BCUT2D eigenvalue weighted by Gasteiger charge is -2.17. The van der Waals surface area contributed by atoms with Gasteiger partial charge in [-0.3, -0.25) is 4.79 Å². The number of para-hydroxylation sites is 1. The minimum atomic E-state index is -0.144. The van der Waals surface area contributed by atoms with Gasteiger partial charge in [0.05, 0.1) is 0 Å². The highest BCUT2D eigenvalue weighted by atomic mass is 16.2. The van der Waals surface area contributed by atoms with Gasteiger partial charge in [-0.2, -0.15) is 0 Å². The van der Waals surface area contributed by atoms with E-state index in [1.54, 1.807) is 0 Å². The SMILES string of the molecule is CCCCCNC(=O)C(CC)Nc1ccccc1. The molecule has 0 heterocycles. The molecule has 0 aliphatic carbocycles. The molecule has 2 N–H and O–H groups in total. The summed E-state index contributed by atoms with van der Waals surface area (Å²) in [6.07, 6.45) is 4.19. The molecule has 1 unspecified atom stereocenters. The molecule has 3 heteroatoms. The first-order chi connectivity index (χ1) is 8.77. The summed E-state index contributed by atoms with van der Waals surface area (Å²) in [5, 5.41) is 6.24. The van der Waals surface area contributed by atoms with Crippen molar-refractivity contribution in [3.8, 4) is 0 Å². The van der Waals surface area contributed by atoms with Crippen LogP contribution in [0.25, 0.3) is 0 Å². The predicted molar refractivity (Wildman–Crippen MR) is 76.7 cm³/mol. The summed E-state index contributed by atoms with van der Waals surface area (Å²) in [5.74, 6) is 0.0949. The summed E-state index contributed by atoms with van der Waals surface area (Å²) in [4.78, 5) is 12.0. The molecule has 18 heavy (non-hydrogen) atoms. The lowest BCUT2D eigenvalue weighted by molar-refractivity contribution is -0.121. The minimum absolute atomic E-state index is 0.0949. The average molecular weight is 248 g/mol. The third-order valence-corrected chi connectivity index (χ3v) is 2.92. The summed E-state index contributed by atoms with van der Waals surface area (Å²) >= 11 is 0. The Balaban J connectivity index is 2.38. The summed E-state index contributed by atoms with van der Waals surface area (Å²) in [6.45, 7) is 4.96. The number of benzene rings is 1. The fourth-order valence-corrected chi connectivity index (χ4v) is 1.80. The van der Waals surface area contributed by atoms with Crippen molar-refractivity contribution < 1.29 is 4.79 Å². The number of amides is 1. The van der Waals surface area contributed by atoms with Crippen LogP contribution < -0.4 is 10.6 Å². The maximum absolute atomic E-state index is 12.0. The zero-order chi connectivity index (χ0) is 13.2. The maximum Gasteiger partial charge on any atom is 0.242 e. The molecule has 0 aliphatic rings. The smallest absolute Gasteiger partial charge is 0.242 e. The average Bonchev–Trinajstić information content (AvgIpc) is 2.42. The van der Waals surface area contributed by atoms with Gasteiger partial charge in [0.15, 0.2) is 0 Å². The highest BCUT2D eigenvalue weighted by Crippen LogP contribution is 2.08. The Bertz CT molecular complexity index is 338. The van der Waals surface area contributed by atoms with E-state index in [9.17, 15) is 4.79 Å². The molecule has 1 aromatic rings. The summed E-state index contributed by atoms with van der Waals surface area (Å²) in [7, 11) is 0. The molecule has 100 valence electrons. The molecule has 1 atom stereocenters. The molecule has 0 saturated carbocycles. The molecular weight excluding hydrogens is 224 g/mol. The molecule has 0 radical (unpaired) electrons. The molecule has 0 fully saturated rings. The van der Waals surface area contributed by atoms with Gasteiger partial charge in [0.2, 0.25) is 5.91 Å². The van der Waals surface area contributed by atoms with E-state index in [1.165, 1.54) is 12.8 Å². The number of hydrogen-bond donors (Lipinski definition) is 2. The van der Waals surface area contributed by atoms with Crippen molar-refractivity contribution in [2.45, 2.75) is 45.6 Å². The largest absolute Gasteiger partial charge is 0.374 e. The van der Waals surface area contributed by atoms with E-state index in [1.807, 2.05) is 37.3 Å². The predicted octanol–water partition coefficient (Wildman–Crippen LogP) is 3.18. The van der Waals surface area contributed by atoms with E-state index in [-0.39, 0.29) is 11.9 Å². The van der Waals surface area contributed by atoms with Crippen molar-refractivity contribution in [1.82, 2.24) is 5.32 Å². The molecular formula is C15H24N2O. The lowest BCUT2D eigenvalue weighted by Crippen LogP contribution is -2.39. The van der Waals surface area contributed by atoms with E-state index < -0.39 is 0 Å². The zero-order valence-corrected chi connectivity index (χ0v) is 11.4. The lowest BCUT2D eigenvalue weighted by atomic mass is 10.2. The normalized spacial score (nSPS) is 11.9. The molecule has 1 rings (SSSR count). The molecule has 0 saturated heterocycles. The molecule has 0 bridgehead atoms. The maximum atomic E-state index is 12.0. The van der Waals surface area contributed by atoms with Crippen LogP contribution in [0, 0.1) is 0 Å². The number of rotatable bonds is 8. The van der Waals surface area contributed by atoms with Crippen molar-refractivity contribution >= 4 is 11.6 Å². The minimum Gasteiger partial charge on any atom is -0.374 e. The number of carbonyl (C=O) groups is 1. The second-order valence-corrected chi connectivity index (χ2v) is 4.47. The Morgan fingerprint density at radius 1 is 1.17 bits per heavy atom. The second kappa shape index (κ2) is 8.56. The van der Waals surface area contributed by atoms with E-state index in [0.29, 0.717) is 0 Å². The zero-order valence-electron chi connectivity index (χ0n) is 11.4. The van der Waals surface area contributed by atoms with Gasteiger partial charge < -0.3 is 10.6 Å². The van der Waals surface area contributed by atoms with Crippen molar-refractivity contribution in [1.29, 1.82) is 0 Å². The summed E-state index contributed by atoms with van der Waals surface area (Å²) in [5.41, 5.74) is 0.994. The van der Waals surface area contributed by atoms with Crippen LogP contribution in [0.3, 0.4) is 0 Å². The molecule has 1 aromatic carbocycles. The van der Waals surface area contributed by atoms with E-state index in [0.717, 1.165) is 25.1 Å². The van der Waals surface area contributed by atoms with Crippen LogP contribution in [-0.2, 0) is 4.79 Å². The van der Waals surface area contributed by atoms with Gasteiger partial charge in [0.25, 0.3) is 0 Å². The van der Waals surface area contributed by atoms with Gasteiger partial charge in [-0.15, -0.1) is 0 Å². The monoisotopic (exact) mass is 248 g/mol. The first-order valence-electron chi connectivity index (χ1n) is 6.87. The number of carbonyl (C=O) groups excluding carboxylic acids is 1. The quantitative estimate of drug-likeness (QED) is 0.694. The number of unbranched alkanes of at least 4 members (excludes halogenated alkanes) is 2. The van der Waals surface area contributed by atoms with Crippen molar-refractivity contribution in [3.05, 3.63) is 30.3 Å². The molecule has 0 aromatic heterocycles. The number of hydrogen-bond acceptors (Lipinski definition) is 2. The van der Waals surface area contributed by atoms with Gasteiger partial charge >= 0.3 is 0 Å². The Kier molecular flexibility index (Phi) is 6.92. The molecule has 0 aliphatic heterocycles. The number of anilines is 1. The van der Waals surface area contributed by atoms with Crippen LogP contribution in [0.2, 0.25) is 0 Å². The molecule has 1 amide bonds. The first-order valence-corrected chi connectivity index (χ1v) is 6.87. The molecule has 3 nitrogen and oxygen atoms in total. The van der Waals surface area contributed by atoms with E-state index in [4.69, 9.17) is 0 Å². The summed E-state index contributed by atoms with van der Waals surface area (Å²) in [6, 6.07) is 9.72. The van der Waals surface area contributed by atoms with Gasteiger partial charge in [-0.05, 0) is 25.0 Å². The number of nitrogens with one attached hydrogen (secondary N) is 2. The third-order valence-electron chi connectivity index (χ3n) is 2.92. The Hall–Kier alpha value is -1.51. The van der Waals surface area contributed by atoms with Crippen LogP contribution in [0.4, 0.5) is 5.69 Å². The first kappa shape index (κ1) is 14.6. The van der Waals surface area contributed by atoms with Crippen LogP contribution >= 0.6 is 0 Å². The molecule has 0 spiro atoms. The van der Waals surface area contributed by atoms with Gasteiger partial charge in [0, 0.05) is 12.2 Å². The second-order valence-electron chi connectivity index (χ2n) is 4.47. The van der Waals surface area contributed by atoms with Crippen LogP contribution in [0.15, 0.2) is 30.3 Å². The Morgan fingerprint density at radius 2 is 1.89 bits per heavy atom. The van der Waals surface area contributed by atoms with E-state index >= 15 is 0 Å². The van der Waals surface area contributed by atoms with Gasteiger partial charge in [-0.1, -0.05) is 44.9 Å². The Labute approximate surface area is 110 Å². The topological polar surface area (TPSA) is 41.1 Å². The van der Waals surface area contributed by atoms with Crippen LogP contribution in [0.1, 0.15) is 39.5 Å². The highest BCUT2D eigenvalue weighted by molar-refractivity contribution is 5.84. The highest BCUT2D eigenvalue weighted by Gasteiger charge is 2.14. The van der Waals surface area contributed by atoms with E-state index in [2.05, 4.69) is 17.6 Å². The van der Waals surface area contributed by atoms with Crippen molar-refractivity contribution in [2.24, 2.45) is 0 Å². The van der Waals surface area contributed by atoms with Crippen molar-refractivity contribution in [2.75, 3.05) is 11.9 Å². The fraction of sp³-hybridized carbons (Fsp3) is 0.533. The summed E-state index contributed by atoms with van der Waals surface area (Å²) < 4.78 is 0. The third kappa shape index (κ3) is 5.21.